The number of hydrogen-bond acceptors (Lipinski definition) is 1. The molecule has 8 heavy (non-hydrogen) atoms. The largest absolute Gasteiger partial charge is 0.330 e. The molecule has 0 aromatic carbocycles. The Labute approximate surface area is 51.3 Å². The van der Waals surface area contributed by atoms with Crippen molar-refractivity contribution in [2.45, 2.75) is 20.3 Å². The predicted molar refractivity (Wildman–Crippen MR) is 35.5 cm³/mol. The topological polar surface area (TPSA) is 26.0 Å². The summed E-state index contributed by atoms with van der Waals surface area (Å²) in [6.45, 7) is 5.42. The van der Waals surface area contributed by atoms with E-state index < -0.39 is 0 Å². The summed E-state index contributed by atoms with van der Waals surface area (Å²) in [6.07, 6.45) is 1.42. The van der Waals surface area contributed by atoms with Gasteiger partial charge in [-0.25, -0.2) is 0 Å². The van der Waals surface area contributed by atoms with Gasteiger partial charge in [0.25, 0.3) is 0 Å². The molecular formula is C7H15N. The molecule has 1 heteroatoms. The first kappa shape index (κ1) is 6.09. The number of rotatable bonds is 2. The number of nitrogens with two attached hydrogens (primary N) is 1. The van der Waals surface area contributed by atoms with Crippen LogP contribution in [0.2, 0.25) is 0 Å². The molecule has 1 saturated carbocycles. The Morgan fingerprint density at radius 1 is 1.75 bits per heavy atom. The standard InChI is InChI=1S/C7H15N/c1-5-3-7(5)6(2)4-8/h5-7H,3-4,8H2,1-2H3. The number of hydrogen-bond donors (Lipinski definition) is 1. The van der Waals surface area contributed by atoms with Gasteiger partial charge in [-0.1, -0.05) is 13.8 Å². The van der Waals surface area contributed by atoms with E-state index in [1.54, 1.807) is 0 Å². The van der Waals surface area contributed by atoms with Crippen molar-refractivity contribution in [1.82, 2.24) is 0 Å². The van der Waals surface area contributed by atoms with Gasteiger partial charge in [0.2, 0.25) is 0 Å². The maximum Gasteiger partial charge on any atom is -0.00488 e. The van der Waals surface area contributed by atoms with E-state index in [9.17, 15) is 0 Å². The van der Waals surface area contributed by atoms with E-state index in [2.05, 4.69) is 13.8 Å². The fourth-order valence-corrected chi connectivity index (χ4v) is 1.32. The van der Waals surface area contributed by atoms with E-state index in [1.165, 1.54) is 6.42 Å². The third kappa shape index (κ3) is 1.03. The van der Waals surface area contributed by atoms with Gasteiger partial charge in [0.05, 0.1) is 0 Å². The Balaban J connectivity index is 2.18. The smallest absolute Gasteiger partial charge is 0.00488 e. The highest BCUT2D eigenvalue weighted by Gasteiger charge is 2.35. The van der Waals surface area contributed by atoms with Crippen molar-refractivity contribution in [3.05, 3.63) is 0 Å². The van der Waals surface area contributed by atoms with Crippen LogP contribution in [0.25, 0.3) is 0 Å². The molecule has 1 aliphatic carbocycles. The minimum Gasteiger partial charge on any atom is -0.330 e. The third-order valence-electron chi connectivity index (χ3n) is 2.27. The lowest BCUT2D eigenvalue weighted by atomic mass is 10.1. The Kier molecular flexibility index (Phi) is 1.57. The van der Waals surface area contributed by atoms with E-state index in [4.69, 9.17) is 5.73 Å². The Bertz CT molecular complexity index is 78.5. The van der Waals surface area contributed by atoms with Gasteiger partial charge in [0.15, 0.2) is 0 Å². The summed E-state index contributed by atoms with van der Waals surface area (Å²) >= 11 is 0. The molecule has 0 aliphatic heterocycles. The van der Waals surface area contributed by atoms with E-state index in [0.29, 0.717) is 0 Å². The van der Waals surface area contributed by atoms with Gasteiger partial charge in [-0.2, -0.15) is 0 Å². The zero-order chi connectivity index (χ0) is 6.15. The highest BCUT2D eigenvalue weighted by Crippen LogP contribution is 2.43. The zero-order valence-electron chi connectivity index (χ0n) is 5.72. The average molecular weight is 113 g/mol. The van der Waals surface area contributed by atoms with Crippen LogP contribution in [0, 0.1) is 17.8 Å². The average Bonchev–Trinajstić information content (AvgIpc) is 2.45. The molecule has 0 amide bonds. The van der Waals surface area contributed by atoms with Crippen LogP contribution in [-0.2, 0) is 0 Å². The van der Waals surface area contributed by atoms with Crippen molar-refractivity contribution in [1.29, 1.82) is 0 Å². The van der Waals surface area contributed by atoms with Gasteiger partial charge in [0, 0.05) is 0 Å². The molecule has 48 valence electrons. The second-order valence-electron chi connectivity index (χ2n) is 3.09. The second kappa shape index (κ2) is 2.06. The van der Waals surface area contributed by atoms with Gasteiger partial charge in [-0.3, -0.25) is 0 Å². The molecule has 0 aromatic heterocycles. The summed E-state index contributed by atoms with van der Waals surface area (Å²) in [5.74, 6) is 2.69. The van der Waals surface area contributed by atoms with E-state index in [1.807, 2.05) is 0 Å². The Morgan fingerprint density at radius 2 is 2.25 bits per heavy atom. The third-order valence-corrected chi connectivity index (χ3v) is 2.27. The van der Waals surface area contributed by atoms with Crippen LogP contribution in [0.15, 0.2) is 0 Å². The van der Waals surface area contributed by atoms with Gasteiger partial charge in [0.1, 0.15) is 0 Å². The predicted octanol–water partition coefficient (Wildman–Crippen LogP) is 1.24. The normalized spacial score (nSPS) is 39.4. The molecule has 0 radical (unpaired) electrons. The molecule has 3 atom stereocenters. The first-order valence-corrected chi connectivity index (χ1v) is 3.45. The molecule has 0 aromatic rings. The molecule has 0 bridgehead atoms. The van der Waals surface area contributed by atoms with Gasteiger partial charge < -0.3 is 5.73 Å². The van der Waals surface area contributed by atoms with E-state index in [0.717, 1.165) is 24.3 Å². The van der Waals surface area contributed by atoms with Crippen LogP contribution < -0.4 is 5.73 Å². The fourth-order valence-electron chi connectivity index (χ4n) is 1.32. The summed E-state index contributed by atoms with van der Waals surface area (Å²) in [5, 5.41) is 0. The van der Waals surface area contributed by atoms with Crippen LogP contribution in [0.5, 0.6) is 0 Å². The molecule has 3 unspecified atom stereocenters. The van der Waals surface area contributed by atoms with Crippen molar-refractivity contribution < 1.29 is 0 Å². The second-order valence-corrected chi connectivity index (χ2v) is 3.09. The monoisotopic (exact) mass is 113 g/mol. The Hall–Kier alpha value is -0.0400. The first-order chi connectivity index (χ1) is 3.75. The molecular weight excluding hydrogens is 98.1 g/mol. The zero-order valence-corrected chi connectivity index (χ0v) is 5.72. The SMILES string of the molecule is CC(CN)C1CC1C. The van der Waals surface area contributed by atoms with Crippen molar-refractivity contribution >= 4 is 0 Å². The molecule has 1 aliphatic rings. The Morgan fingerprint density at radius 3 is 2.38 bits per heavy atom. The minimum absolute atomic E-state index is 0.769. The van der Waals surface area contributed by atoms with Gasteiger partial charge in [-0.05, 0) is 30.7 Å². The maximum absolute atomic E-state index is 5.48. The summed E-state index contributed by atoms with van der Waals surface area (Å²) in [7, 11) is 0. The van der Waals surface area contributed by atoms with Crippen LogP contribution in [-0.4, -0.2) is 6.54 Å². The molecule has 1 nitrogen and oxygen atoms in total. The molecule has 2 N–H and O–H groups in total. The molecule has 1 rings (SSSR count). The van der Waals surface area contributed by atoms with Crippen molar-refractivity contribution in [2.24, 2.45) is 23.5 Å². The van der Waals surface area contributed by atoms with Crippen LogP contribution in [0.1, 0.15) is 20.3 Å². The van der Waals surface area contributed by atoms with Crippen molar-refractivity contribution in [3.63, 3.8) is 0 Å². The lowest BCUT2D eigenvalue weighted by Gasteiger charge is -2.03. The maximum atomic E-state index is 5.48. The van der Waals surface area contributed by atoms with E-state index in [-0.39, 0.29) is 0 Å². The molecule has 1 fully saturated rings. The lowest BCUT2D eigenvalue weighted by molar-refractivity contribution is 0.495. The first-order valence-electron chi connectivity index (χ1n) is 3.45. The molecule has 0 saturated heterocycles. The highest BCUT2D eigenvalue weighted by atomic mass is 14.6. The van der Waals surface area contributed by atoms with Crippen LogP contribution in [0.4, 0.5) is 0 Å². The molecule has 0 heterocycles. The van der Waals surface area contributed by atoms with Gasteiger partial charge >= 0.3 is 0 Å². The summed E-state index contributed by atoms with van der Waals surface area (Å²) in [5.41, 5.74) is 5.48. The quantitative estimate of drug-likeness (QED) is 0.573. The lowest BCUT2D eigenvalue weighted by Crippen LogP contribution is -2.12. The van der Waals surface area contributed by atoms with Crippen LogP contribution >= 0.6 is 0 Å². The van der Waals surface area contributed by atoms with E-state index >= 15 is 0 Å². The van der Waals surface area contributed by atoms with Crippen molar-refractivity contribution in [2.75, 3.05) is 6.54 Å². The summed E-state index contributed by atoms with van der Waals surface area (Å²) in [6, 6.07) is 0. The van der Waals surface area contributed by atoms with Crippen molar-refractivity contribution in [3.8, 4) is 0 Å². The highest BCUT2D eigenvalue weighted by molar-refractivity contribution is 4.86. The summed E-state index contributed by atoms with van der Waals surface area (Å²) < 4.78 is 0. The van der Waals surface area contributed by atoms with Crippen LogP contribution in [0.3, 0.4) is 0 Å². The van der Waals surface area contributed by atoms with Gasteiger partial charge in [-0.15, -0.1) is 0 Å². The summed E-state index contributed by atoms with van der Waals surface area (Å²) in [4.78, 5) is 0. The minimum atomic E-state index is 0.769. The molecule has 0 spiro atoms. The fraction of sp³-hybridized carbons (Fsp3) is 1.00.